The molecule has 0 saturated heterocycles. The molecule has 0 spiro atoms. The van der Waals surface area contributed by atoms with E-state index in [1.165, 1.54) is 6.04 Å². The Labute approximate surface area is 126 Å². The number of hydrogen-bond donors (Lipinski definition) is 0. The molecule has 0 atom stereocenters. The van der Waals surface area contributed by atoms with Gasteiger partial charge in [0.2, 0.25) is 0 Å². The lowest BCUT2D eigenvalue weighted by molar-refractivity contribution is 0.248. The Morgan fingerprint density at radius 1 is 1.20 bits per heavy atom. The van der Waals surface area contributed by atoms with Crippen molar-refractivity contribution in [3.8, 4) is 0 Å². The van der Waals surface area contributed by atoms with Crippen LogP contribution < -0.4 is 0 Å². The van der Waals surface area contributed by atoms with Gasteiger partial charge in [0.1, 0.15) is 0 Å². The summed E-state index contributed by atoms with van der Waals surface area (Å²) in [7, 11) is 0.322. The normalized spacial score (nSPS) is 16.1. The third kappa shape index (κ3) is 4.55. The van der Waals surface area contributed by atoms with Gasteiger partial charge in [-0.25, -0.2) is 0 Å². The standard InChI is InChI=1S/C16H30O2Si2/c1-7-13-19(4,5)16-12-8-10-15(16)11-9-14-20(6,17-2)18-3/h7,10,12H,1,8-9,11,13-14H2,2-6H3. The van der Waals surface area contributed by atoms with E-state index in [2.05, 4.69) is 44.4 Å². The molecular weight excluding hydrogens is 280 g/mol. The Morgan fingerprint density at radius 3 is 2.40 bits per heavy atom. The van der Waals surface area contributed by atoms with Gasteiger partial charge in [0.25, 0.3) is 0 Å². The minimum atomic E-state index is -1.90. The molecule has 0 saturated carbocycles. The second-order valence-corrected chi connectivity index (χ2v) is 14.7. The van der Waals surface area contributed by atoms with Crippen molar-refractivity contribution in [2.24, 2.45) is 0 Å². The van der Waals surface area contributed by atoms with Gasteiger partial charge in [-0.15, -0.1) is 6.58 Å². The zero-order valence-electron chi connectivity index (χ0n) is 13.8. The van der Waals surface area contributed by atoms with E-state index in [0.717, 1.165) is 25.3 Å². The summed E-state index contributed by atoms with van der Waals surface area (Å²) in [5.41, 5.74) is 1.58. The van der Waals surface area contributed by atoms with E-state index in [9.17, 15) is 0 Å². The molecule has 0 heterocycles. The Kier molecular flexibility index (Phi) is 6.65. The predicted octanol–water partition coefficient (Wildman–Crippen LogP) is 4.82. The van der Waals surface area contributed by atoms with Gasteiger partial charge in [0, 0.05) is 14.2 Å². The van der Waals surface area contributed by atoms with Crippen molar-refractivity contribution in [1.29, 1.82) is 0 Å². The summed E-state index contributed by atoms with van der Waals surface area (Å²) in [5.74, 6) is 0. The molecule has 0 radical (unpaired) electrons. The third-order valence-corrected chi connectivity index (χ3v) is 10.6. The highest BCUT2D eigenvalue weighted by Gasteiger charge is 2.30. The van der Waals surface area contributed by atoms with Crippen molar-refractivity contribution in [2.75, 3.05) is 14.2 Å². The molecule has 0 aliphatic heterocycles. The zero-order valence-corrected chi connectivity index (χ0v) is 15.8. The summed E-state index contributed by atoms with van der Waals surface area (Å²) in [6, 6.07) is 2.23. The van der Waals surface area contributed by atoms with Gasteiger partial charge in [-0.05, 0) is 37.9 Å². The Bertz CT molecular complexity index is 393. The first-order valence-electron chi connectivity index (χ1n) is 7.50. The SMILES string of the molecule is C=CC[Si](C)(C)C1=CCC=C1CCC[Si](C)(OC)OC. The summed E-state index contributed by atoms with van der Waals surface area (Å²) in [6.45, 7) is 11.0. The number of hydrogen-bond acceptors (Lipinski definition) is 2. The molecule has 0 N–H and O–H groups in total. The molecule has 1 rings (SSSR count). The Hall–Kier alpha value is -0.426. The fourth-order valence-electron chi connectivity index (χ4n) is 2.87. The van der Waals surface area contributed by atoms with Gasteiger partial charge >= 0.3 is 8.56 Å². The molecule has 0 amide bonds. The van der Waals surface area contributed by atoms with Crippen LogP contribution in [0, 0.1) is 0 Å². The minimum absolute atomic E-state index is 1.06. The first-order chi connectivity index (χ1) is 9.38. The lowest BCUT2D eigenvalue weighted by atomic mass is 10.2. The van der Waals surface area contributed by atoms with E-state index in [-0.39, 0.29) is 0 Å². The highest BCUT2D eigenvalue weighted by molar-refractivity contribution is 6.85. The largest absolute Gasteiger partial charge is 0.398 e. The predicted molar refractivity (Wildman–Crippen MR) is 92.9 cm³/mol. The molecule has 0 fully saturated rings. The molecule has 114 valence electrons. The lowest BCUT2D eigenvalue weighted by Gasteiger charge is -2.26. The maximum Gasteiger partial charge on any atom is 0.334 e. The second-order valence-electron chi connectivity index (χ2n) is 6.36. The summed E-state index contributed by atoms with van der Waals surface area (Å²) in [4.78, 5) is 0. The van der Waals surface area contributed by atoms with E-state index in [1.54, 1.807) is 25.0 Å². The minimum Gasteiger partial charge on any atom is -0.398 e. The van der Waals surface area contributed by atoms with Crippen LogP contribution in [0.5, 0.6) is 0 Å². The molecule has 1 aliphatic rings. The first-order valence-corrected chi connectivity index (χ1v) is 13.2. The van der Waals surface area contributed by atoms with Crippen molar-refractivity contribution in [3.05, 3.63) is 35.6 Å². The second kappa shape index (κ2) is 7.54. The molecule has 0 aromatic carbocycles. The highest BCUT2D eigenvalue weighted by atomic mass is 28.4. The van der Waals surface area contributed by atoms with E-state index in [4.69, 9.17) is 8.85 Å². The molecule has 2 nitrogen and oxygen atoms in total. The van der Waals surface area contributed by atoms with Crippen LogP contribution in [0.4, 0.5) is 0 Å². The average molecular weight is 311 g/mol. The molecule has 0 aromatic rings. The summed E-state index contributed by atoms with van der Waals surface area (Å²) < 4.78 is 11.1. The zero-order chi connectivity index (χ0) is 15.2. The van der Waals surface area contributed by atoms with Gasteiger partial charge in [0.05, 0.1) is 8.07 Å². The van der Waals surface area contributed by atoms with Gasteiger partial charge in [-0.2, -0.15) is 0 Å². The topological polar surface area (TPSA) is 18.5 Å². The third-order valence-electron chi connectivity index (χ3n) is 4.36. The maximum absolute atomic E-state index is 5.56. The van der Waals surface area contributed by atoms with Gasteiger partial charge in [0.15, 0.2) is 0 Å². The van der Waals surface area contributed by atoms with E-state index in [0.29, 0.717) is 0 Å². The van der Waals surface area contributed by atoms with E-state index < -0.39 is 16.6 Å². The fraction of sp³-hybridized carbons (Fsp3) is 0.625. The summed E-state index contributed by atoms with van der Waals surface area (Å²) in [5, 5.41) is 1.65. The molecule has 0 aromatic heterocycles. The maximum atomic E-state index is 5.56. The van der Waals surface area contributed by atoms with Crippen molar-refractivity contribution in [3.63, 3.8) is 0 Å². The Balaban J connectivity index is 2.57. The smallest absolute Gasteiger partial charge is 0.334 e. The molecule has 0 unspecified atom stereocenters. The summed E-state index contributed by atoms with van der Waals surface area (Å²) >= 11 is 0. The monoisotopic (exact) mass is 310 g/mol. The molecule has 20 heavy (non-hydrogen) atoms. The van der Waals surface area contributed by atoms with Crippen LogP contribution in [0.1, 0.15) is 19.3 Å². The van der Waals surface area contributed by atoms with Crippen LogP contribution in [0.2, 0.25) is 31.7 Å². The van der Waals surface area contributed by atoms with Crippen LogP contribution >= 0.6 is 0 Å². The first kappa shape index (κ1) is 17.6. The van der Waals surface area contributed by atoms with Crippen LogP contribution in [-0.4, -0.2) is 30.9 Å². The van der Waals surface area contributed by atoms with Crippen molar-refractivity contribution >= 4 is 16.6 Å². The highest BCUT2D eigenvalue weighted by Crippen LogP contribution is 2.34. The number of rotatable bonds is 9. The van der Waals surface area contributed by atoms with Gasteiger partial charge < -0.3 is 8.85 Å². The van der Waals surface area contributed by atoms with Gasteiger partial charge in [-0.1, -0.05) is 42.1 Å². The quantitative estimate of drug-likeness (QED) is 0.449. The van der Waals surface area contributed by atoms with Gasteiger partial charge in [-0.3, -0.25) is 0 Å². The lowest BCUT2D eigenvalue weighted by Crippen LogP contribution is -2.35. The van der Waals surface area contributed by atoms with Crippen LogP contribution in [0.25, 0.3) is 0 Å². The van der Waals surface area contributed by atoms with E-state index in [1.807, 2.05) is 0 Å². The molecule has 4 heteroatoms. The molecular formula is C16H30O2Si2. The Morgan fingerprint density at radius 2 is 1.85 bits per heavy atom. The van der Waals surface area contributed by atoms with Crippen LogP contribution in [-0.2, 0) is 8.85 Å². The average Bonchev–Trinajstić information content (AvgIpc) is 2.88. The molecule has 0 bridgehead atoms. The summed E-state index contributed by atoms with van der Waals surface area (Å²) in [6.07, 6.45) is 10.4. The fourth-order valence-corrected chi connectivity index (χ4v) is 6.97. The van der Waals surface area contributed by atoms with Crippen LogP contribution in [0.15, 0.2) is 35.6 Å². The van der Waals surface area contributed by atoms with E-state index >= 15 is 0 Å². The van der Waals surface area contributed by atoms with Crippen LogP contribution in [0.3, 0.4) is 0 Å². The van der Waals surface area contributed by atoms with Crippen molar-refractivity contribution in [1.82, 2.24) is 0 Å². The molecule has 1 aliphatic carbocycles. The number of allylic oxidation sites excluding steroid dienone is 5. The van der Waals surface area contributed by atoms with Crippen molar-refractivity contribution < 1.29 is 8.85 Å². The van der Waals surface area contributed by atoms with Crippen molar-refractivity contribution in [2.45, 2.75) is 51.0 Å².